The fourth-order valence-electron chi connectivity index (χ4n) is 9.74. The van der Waals surface area contributed by atoms with Crippen molar-refractivity contribution in [2.24, 2.45) is 0 Å². The van der Waals surface area contributed by atoms with Crippen LogP contribution < -0.4 is 0 Å². The molecule has 5 heteroatoms. The molecule has 8 aromatic carbocycles. The molecule has 0 atom stereocenters. The Morgan fingerprint density at radius 3 is 1.97 bits per heavy atom. The van der Waals surface area contributed by atoms with Gasteiger partial charge in [-0.15, -0.1) is 0 Å². The highest BCUT2D eigenvalue weighted by atomic mass is 16.3. The van der Waals surface area contributed by atoms with E-state index in [1.165, 1.54) is 38.6 Å². The van der Waals surface area contributed by atoms with Gasteiger partial charge in [0.25, 0.3) is 0 Å². The Labute approximate surface area is 338 Å². The maximum Gasteiger partial charge on any atom is 0.159 e. The molecule has 0 N–H and O–H groups in total. The van der Waals surface area contributed by atoms with Gasteiger partial charge >= 0.3 is 0 Å². The first-order chi connectivity index (χ1) is 29.3. The molecule has 5 nitrogen and oxygen atoms in total. The minimum atomic E-state index is 0.867. The van der Waals surface area contributed by atoms with E-state index in [0.717, 1.165) is 84.3 Å². The van der Waals surface area contributed by atoms with Gasteiger partial charge in [0.15, 0.2) is 5.58 Å². The van der Waals surface area contributed by atoms with E-state index in [9.17, 15) is 0 Å². The number of nitrogens with zero attached hydrogens (tertiary/aromatic N) is 4. The molecule has 0 saturated heterocycles. The number of aromatic nitrogens is 4. The van der Waals surface area contributed by atoms with Gasteiger partial charge in [0.05, 0.1) is 33.3 Å². The van der Waals surface area contributed by atoms with E-state index in [1.54, 1.807) is 0 Å². The number of benzene rings is 8. The first-order valence-electron chi connectivity index (χ1n) is 20.2. The molecule has 0 unspecified atom stereocenters. The van der Waals surface area contributed by atoms with Crippen LogP contribution in [0.15, 0.2) is 192 Å². The highest BCUT2D eigenvalue weighted by molar-refractivity contribution is 6.18. The van der Waals surface area contributed by atoms with Gasteiger partial charge in [-0.3, -0.25) is 4.57 Å². The van der Waals surface area contributed by atoms with Crippen molar-refractivity contribution in [3.8, 4) is 39.6 Å². The Balaban J connectivity index is 0.989. The summed E-state index contributed by atoms with van der Waals surface area (Å²) in [6, 6.07) is 64.9. The molecule has 59 heavy (non-hydrogen) atoms. The third-order valence-electron chi connectivity index (χ3n) is 12.3. The number of para-hydroxylation sites is 6. The van der Waals surface area contributed by atoms with Crippen molar-refractivity contribution in [3.05, 3.63) is 199 Å². The van der Waals surface area contributed by atoms with Gasteiger partial charge in [-0.25, -0.2) is 4.98 Å². The Hall–Kier alpha value is -7.89. The maximum atomic E-state index is 6.93. The number of imidazole rings is 1. The second kappa shape index (κ2) is 12.3. The van der Waals surface area contributed by atoms with Crippen LogP contribution in [0.5, 0.6) is 0 Å². The van der Waals surface area contributed by atoms with E-state index in [2.05, 4.69) is 196 Å². The topological polar surface area (TPSA) is 40.8 Å². The zero-order valence-electron chi connectivity index (χ0n) is 31.9. The molecule has 1 aliphatic carbocycles. The summed E-state index contributed by atoms with van der Waals surface area (Å²) in [7, 11) is 0. The number of hydrogen-bond acceptors (Lipinski definition) is 2. The molecule has 0 fully saturated rings. The standard InChI is InChI=1S/C54H34N4O/c1-3-14-36(15-4-1)56-45-25-11-20-40(45)42-33-50-43(32-49(42)56)39-18-7-9-23-46(39)58(50)48-26-12-21-41-52-38(19-13-27-51(52)59-53(41)48)34-28-30-35(31-29-34)54-55-44-22-8-10-24-47(44)57(54)37-16-5-2-6-17-37/h1-24,26-33H,25H2. The molecule has 0 radical (unpaired) electrons. The van der Waals surface area contributed by atoms with Crippen LogP contribution in [0.1, 0.15) is 11.3 Å². The fourth-order valence-corrected chi connectivity index (χ4v) is 9.74. The number of fused-ring (bicyclic) bond motifs is 10. The summed E-state index contributed by atoms with van der Waals surface area (Å²) < 4.78 is 14.0. The van der Waals surface area contributed by atoms with E-state index in [4.69, 9.17) is 9.40 Å². The number of rotatable bonds is 5. The molecule has 0 aliphatic heterocycles. The van der Waals surface area contributed by atoms with E-state index in [1.807, 2.05) is 12.1 Å². The van der Waals surface area contributed by atoms with Crippen LogP contribution in [0, 0.1) is 0 Å². The van der Waals surface area contributed by atoms with Crippen molar-refractivity contribution in [2.45, 2.75) is 6.42 Å². The lowest BCUT2D eigenvalue weighted by molar-refractivity contribution is 0.666. The SMILES string of the molecule is C1=Cc2c(n(-c3ccccc3)c3cc4c5ccccc5n(-c5cccc6c5oc5cccc(-c7ccc(-c8nc9ccccc9n8-c8ccccc8)cc7)c56)c4cc23)C1. The van der Waals surface area contributed by atoms with Crippen molar-refractivity contribution < 1.29 is 4.42 Å². The van der Waals surface area contributed by atoms with Gasteiger partial charge in [-0.2, -0.15) is 0 Å². The average molecular weight is 755 g/mol. The van der Waals surface area contributed by atoms with E-state index < -0.39 is 0 Å². The highest BCUT2D eigenvalue weighted by Crippen LogP contribution is 2.44. The summed E-state index contributed by atoms with van der Waals surface area (Å²) in [5, 5.41) is 5.90. The van der Waals surface area contributed by atoms with Gasteiger partial charge in [0, 0.05) is 61.5 Å². The lowest BCUT2D eigenvalue weighted by atomic mass is 9.98. The summed E-state index contributed by atoms with van der Waals surface area (Å²) >= 11 is 0. The zero-order valence-corrected chi connectivity index (χ0v) is 31.9. The van der Waals surface area contributed by atoms with Gasteiger partial charge in [-0.1, -0.05) is 127 Å². The first kappa shape index (κ1) is 32.2. The molecule has 0 amide bonds. The highest BCUT2D eigenvalue weighted by Gasteiger charge is 2.24. The van der Waals surface area contributed by atoms with Gasteiger partial charge in [-0.05, 0) is 77.9 Å². The average Bonchev–Trinajstić information content (AvgIpc) is 4.12. The molecule has 13 rings (SSSR count). The minimum Gasteiger partial charge on any atom is -0.454 e. The van der Waals surface area contributed by atoms with Gasteiger partial charge in [0.2, 0.25) is 0 Å². The Morgan fingerprint density at radius 2 is 1.14 bits per heavy atom. The molecule has 276 valence electrons. The van der Waals surface area contributed by atoms with Crippen molar-refractivity contribution >= 4 is 71.8 Å². The second-order valence-electron chi connectivity index (χ2n) is 15.5. The molecular formula is C54H34N4O. The van der Waals surface area contributed by atoms with E-state index >= 15 is 0 Å². The van der Waals surface area contributed by atoms with Crippen LogP contribution >= 0.6 is 0 Å². The summed E-state index contributed by atoms with van der Waals surface area (Å²) in [5.41, 5.74) is 16.6. The molecule has 4 aromatic heterocycles. The molecule has 4 heterocycles. The molecule has 0 bridgehead atoms. The summed E-state index contributed by atoms with van der Waals surface area (Å²) in [5.74, 6) is 0.918. The Morgan fingerprint density at radius 1 is 0.475 bits per heavy atom. The van der Waals surface area contributed by atoms with Crippen LogP contribution in [-0.2, 0) is 6.42 Å². The van der Waals surface area contributed by atoms with Crippen molar-refractivity contribution in [1.82, 2.24) is 18.7 Å². The van der Waals surface area contributed by atoms with Gasteiger partial charge < -0.3 is 13.6 Å². The summed E-state index contributed by atoms with van der Waals surface area (Å²) in [6.45, 7) is 0. The Kier molecular flexibility index (Phi) is 6.72. The fraction of sp³-hybridized carbons (Fsp3) is 0.0185. The number of allylic oxidation sites excluding steroid dienone is 1. The minimum absolute atomic E-state index is 0.867. The van der Waals surface area contributed by atoms with Gasteiger partial charge in [0.1, 0.15) is 11.4 Å². The second-order valence-corrected chi connectivity index (χ2v) is 15.5. The van der Waals surface area contributed by atoms with Crippen LogP contribution in [0.3, 0.4) is 0 Å². The zero-order chi connectivity index (χ0) is 38.6. The summed E-state index contributed by atoms with van der Waals surface area (Å²) in [6.07, 6.45) is 5.50. The molecular weight excluding hydrogens is 721 g/mol. The lowest BCUT2D eigenvalue weighted by Gasteiger charge is -2.11. The molecule has 1 aliphatic rings. The normalized spacial score (nSPS) is 12.6. The summed E-state index contributed by atoms with van der Waals surface area (Å²) in [4.78, 5) is 5.11. The third kappa shape index (κ3) is 4.64. The number of furan rings is 1. The van der Waals surface area contributed by atoms with Crippen LogP contribution in [0.4, 0.5) is 0 Å². The lowest BCUT2D eigenvalue weighted by Crippen LogP contribution is -1.98. The predicted molar refractivity (Wildman–Crippen MR) is 243 cm³/mol. The molecule has 0 saturated carbocycles. The number of hydrogen-bond donors (Lipinski definition) is 0. The smallest absolute Gasteiger partial charge is 0.159 e. The van der Waals surface area contributed by atoms with E-state index in [-0.39, 0.29) is 0 Å². The first-order valence-corrected chi connectivity index (χ1v) is 20.2. The van der Waals surface area contributed by atoms with Crippen molar-refractivity contribution in [3.63, 3.8) is 0 Å². The predicted octanol–water partition coefficient (Wildman–Crippen LogP) is 13.9. The Bertz CT molecular complexity index is 3670. The molecule has 0 spiro atoms. The van der Waals surface area contributed by atoms with Crippen LogP contribution in [-0.4, -0.2) is 18.7 Å². The monoisotopic (exact) mass is 754 g/mol. The van der Waals surface area contributed by atoms with Crippen LogP contribution in [0.2, 0.25) is 0 Å². The quantitative estimate of drug-likeness (QED) is 0.176. The van der Waals surface area contributed by atoms with Crippen molar-refractivity contribution in [1.29, 1.82) is 0 Å². The van der Waals surface area contributed by atoms with E-state index in [0.29, 0.717) is 0 Å². The maximum absolute atomic E-state index is 6.93. The molecule has 12 aromatic rings. The third-order valence-corrected chi connectivity index (χ3v) is 12.3. The van der Waals surface area contributed by atoms with Crippen LogP contribution in [0.25, 0.3) is 111 Å². The van der Waals surface area contributed by atoms with Crippen molar-refractivity contribution in [2.75, 3.05) is 0 Å². The largest absolute Gasteiger partial charge is 0.454 e.